The van der Waals surface area contributed by atoms with E-state index in [1.54, 1.807) is 11.5 Å². The molecule has 0 aliphatic carbocycles. The smallest absolute Gasteiger partial charge is 0.412 e. The third-order valence-corrected chi connectivity index (χ3v) is 7.72. The monoisotopic (exact) mass is 571 g/mol. The van der Waals surface area contributed by atoms with Gasteiger partial charge in [-0.2, -0.15) is 0 Å². The van der Waals surface area contributed by atoms with Crippen LogP contribution in [0.5, 0.6) is 0 Å². The largest absolute Gasteiger partial charge is 0.468 e. The van der Waals surface area contributed by atoms with E-state index in [2.05, 4.69) is 30.4 Å². The van der Waals surface area contributed by atoms with Crippen LogP contribution in [-0.2, 0) is 39.6 Å². The van der Waals surface area contributed by atoms with Crippen LogP contribution in [-0.4, -0.2) is 81.9 Å². The van der Waals surface area contributed by atoms with Gasteiger partial charge >= 0.3 is 18.0 Å². The van der Waals surface area contributed by atoms with Crippen molar-refractivity contribution < 1.29 is 37.9 Å². The number of amides is 1. The number of rotatable bonds is 14. The molecule has 2 heterocycles. The Labute approximate surface area is 227 Å². The summed E-state index contributed by atoms with van der Waals surface area (Å²) in [6, 6.07) is 0. The summed E-state index contributed by atoms with van der Waals surface area (Å²) in [6.07, 6.45) is 1.92. The lowest BCUT2D eigenvalue weighted by molar-refractivity contribution is -0.146. The molecule has 2 aromatic rings. The van der Waals surface area contributed by atoms with Crippen LogP contribution in [0, 0.1) is 0 Å². The number of fused-ring (bicyclic) bond motifs is 1. The molecule has 0 saturated heterocycles. The molecule has 1 amide bonds. The first-order valence-corrected chi connectivity index (χ1v) is 14.1. The fourth-order valence-corrected chi connectivity index (χ4v) is 6.23. The fourth-order valence-electron chi connectivity index (χ4n) is 3.59. The maximum atomic E-state index is 14.0. The summed E-state index contributed by atoms with van der Waals surface area (Å²) in [5, 5.41) is 8.12. The molecule has 39 heavy (non-hydrogen) atoms. The van der Waals surface area contributed by atoms with E-state index in [-0.39, 0.29) is 25.3 Å². The van der Waals surface area contributed by atoms with Crippen LogP contribution >= 0.6 is 7.44 Å². The number of imidazole rings is 1. The van der Waals surface area contributed by atoms with Crippen molar-refractivity contribution in [3.05, 3.63) is 12.7 Å². The molecule has 0 aromatic carbocycles. The van der Waals surface area contributed by atoms with E-state index in [9.17, 15) is 18.9 Å². The molecule has 15 nitrogen and oxygen atoms in total. The summed E-state index contributed by atoms with van der Waals surface area (Å²) in [4.78, 5) is 49.1. The van der Waals surface area contributed by atoms with Gasteiger partial charge in [-0.25, -0.2) is 29.9 Å². The van der Waals surface area contributed by atoms with Gasteiger partial charge in [-0.1, -0.05) is 6.92 Å². The lowest BCUT2D eigenvalue weighted by Gasteiger charge is -2.35. The van der Waals surface area contributed by atoms with Gasteiger partial charge in [0.05, 0.1) is 39.8 Å². The van der Waals surface area contributed by atoms with Crippen LogP contribution in [0.2, 0.25) is 0 Å². The predicted molar refractivity (Wildman–Crippen MR) is 142 cm³/mol. The van der Waals surface area contributed by atoms with E-state index in [4.69, 9.17) is 18.9 Å². The minimum atomic E-state index is -3.76. The first-order chi connectivity index (χ1) is 18.2. The van der Waals surface area contributed by atoms with Gasteiger partial charge in [0.2, 0.25) is 7.44 Å². The van der Waals surface area contributed by atoms with E-state index in [0.717, 1.165) is 0 Å². The van der Waals surface area contributed by atoms with Crippen LogP contribution in [0.1, 0.15) is 48.0 Å². The van der Waals surface area contributed by atoms with Crippen molar-refractivity contribution in [1.82, 2.24) is 29.7 Å². The quantitative estimate of drug-likeness (QED) is 0.171. The molecule has 0 fully saturated rings. The number of carbonyl (C=O) groups is 3. The molecular formula is C23H38N7O8P. The zero-order valence-corrected chi connectivity index (χ0v) is 24.5. The molecule has 1 atom stereocenters. The van der Waals surface area contributed by atoms with Crippen molar-refractivity contribution in [3.63, 3.8) is 0 Å². The number of esters is 2. The average molecular weight is 572 g/mol. The van der Waals surface area contributed by atoms with Gasteiger partial charge in [-0.3, -0.25) is 19.5 Å². The highest BCUT2D eigenvalue weighted by Gasteiger charge is 2.42. The fraction of sp³-hybridized carbons (Fsp3) is 0.652. The molecule has 0 unspecified atom stereocenters. The standard InChI is InChI=1S/C23H38N7O8P/c1-9-10-37-21(33)27-17-16-18(25-12-24-17)30(13-26-16)11-15(2)38-14-39(34,28-22(3,4)19(31)35-7)29-23(5,6)20(32)36-8/h12-13,15H,9-11,14H2,1-8H3,(H2,28,29,34)(H,24,25,27,33)/t15-/m1/s1. The predicted octanol–water partition coefficient (Wildman–Crippen LogP) is 2.42. The lowest BCUT2D eigenvalue weighted by atomic mass is 10.1. The molecule has 16 heteroatoms. The van der Waals surface area contributed by atoms with Gasteiger partial charge < -0.3 is 23.5 Å². The van der Waals surface area contributed by atoms with Gasteiger partial charge in [0.25, 0.3) is 0 Å². The highest BCUT2D eigenvalue weighted by molar-refractivity contribution is 7.59. The molecule has 2 rings (SSSR count). The number of anilines is 1. The average Bonchev–Trinajstić information content (AvgIpc) is 3.28. The lowest BCUT2D eigenvalue weighted by Crippen LogP contribution is -2.53. The highest BCUT2D eigenvalue weighted by atomic mass is 31.2. The molecule has 0 bridgehead atoms. The Morgan fingerprint density at radius 1 is 1.03 bits per heavy atom. The number of hydrogen-bond acceptors (Lipinski definition) is 11. The number of carbonyl (C=O) groups excluding carboxylic acids is 3. The summed E-state index contributed by atoms with van der Waals surface area (Å²) in [5.41, 5.74) is -1.94. The van der Waals surface area contributed by atoms with Gasteiger partial charge in [-0.15, -0.1) is 0 Å². The maximum Gasteiger partial charge on any atom is 0.412 e. The summed E-state index contributed by atoms with van der Waals surface area (Å²) < 4.78 is 36.2. The van der Waals surface area contributed by atoms with Gasteiger partial charge in [0.15, 0.2) is 17.0 Å². The molecular weight excluding hydrogens is 533 g/mol. The number of nitrogens with one attached hydrogen (secondary N) is 3. The third-order valence-electron chi connectivity index (χ3n) is 5.37. The van der Waals surface area contributed by atoms with Gasteiger partial charge in [-0.05, 0) is 41.0 Å². The van der Waals surface area contributed by atoms with Crippen LogP contribution in [0.3, 0.4) is 0 Å². The maximum absolute atomic E-state index is 14.0. The number of aromatic nitrogens is 4. The van der Waals surface area contributed by atoms with Gasteiger partial charge in [0, 0.05) is 0 Å². The summed E-state index contributed by atoms with van der Waals surface area (Å²) >= 11 is 0. The molecule has 3 N–H and O–H groups in total. The minimum Gasteiger partial charge on any atom is -0.468 e. The molecule has 0 aliphatic rings. The third kappa shape index (κ3) is 8.68. The SMILES string of the molecule is CCCOC(=O)Nc1ncnc2c1ncn2C[C@@H](C)OCP(=O)(NC(C)(C)C(=O)OC)NC(C)(C)C(=O)OC. The van der Waals surface area contributed by atoms with E-state index in [1.807, 2.05) is 6.92 Å². The van der Waals surface area contributed by atoms with Crippen molar-refractivity contribution in [2.24, 2.45) is 0 Å². The summed E-state index contributed by atoms with van der Waals surface area (Å²) in [5.74, 6) is -1.11. The molecule has 0 saturated carbocycles. The Balaban J connectivity index is 2.20. The highest BCUT2D eigenvalue weighted by Crippen LogP contribution is 2.42. The Morgan fingerprint density at radius 3 is 2.15 bits per heavy atom. The zero-order valence-electron chi connectivity index (χ0n) is 23.6. The molecule has 0 aliphatic heterocycles. The summed E-state index contributed by atoms with van der Waals surface area (Å²) in [6.45, 7) is 10.1. The second kappa shape index (κ2) is 13.3. The Kier molecular flexibility index (Phi) is 10.9. The molecule has 0 spiro atoms. The summed E-state index contributed by atoms with van der Waals surface area (Å²) in [7, 11) is -1.32. The van der Waals surface area contributed by atoms with E-state index in [0.29, 0.717) is 17.6 Å². The number of hydrogen-bond donors (Lipinski definition) is 3. The first-order valence-electron chi connectivity index (χ1n) is 12.2. The molecule has 2 aromatic heterocycles. The van der Waals surface area contributed by atoms with Crippen molar-refractivity contribution in [2.75, 3.05) is 32.5 Å². The van der Waals surface area contributed by atoms with Crippen molar-refractivity contribution in [2.45, 2.75) is 71.7 Å². The second-order valence-corrected chi connectivity index (χ2v) is 12.0. The van der Waals surface area contributed by atoms with Crippen LogP contribution in [0.25, 0.3) is 11.2 Å². The number of nitrogens with zero attached hydrogens (tertiary/aromatic N) is 4. The Hall–Kier alpha value is -3.13. The first kappa shape index (κ1) is 32.1. The van der Waals surface area contributed by atoms with E-state index >= 15 is 0 Å². The van der Waals surface area contributed by atoms with Crippen LogP contribution < -0.4 is 15.5 Å². The number of ether oxygens (including phenoxy) is 4. The zero-order chi connectivity index (χ0) is 29.4. The minimum absolute atomic E-state index is 0.196. The Morgan fingerprint density at radius 2 is 1.62 bits per heavy atom. The van der Waals surface area contributed by atoms with Crippen LogP contribution in [0.4, 0.5) is 10.6 Å². The van der Waals surface area contributed by atoms with Crippen molar-refractivity contribution in [1.29, 1.82) is 0 Å². The van der Waals surface area contributed by atoms with Crippen molar-refractivity contribution in [3.8, 4) is 0 Å². The topological polar surface area (TPSA) is 185 Å². The molecule has 218 valence electrons. The van der Waals surface area contributed by atoms with Crippen molar-refractivity contribution >= 4 is 42.5 Å². The Bertz CT molecular complexity index is 1180. The van der Waals surface area contributed by atoms with E-state index in [1.165, 1.54) is 54.6 Å². The van der Waals surface area contributed by atoms with E-state index < -0.39 is 42.7 Å². The van der Waals surface area contributed by atoms with Gasteiger partial charge in [0.1, 0.15) is 23.8 Å². The van der Waals surface area contributed by atoms with Crippen LogP contribution in [0.15, 0.2) is 12.7 Å². The molecule has 0 radical (unpaired) electrons. The second-order valence-electron chi connectivity index (χ2n) is 9.86. The number of methoxy groups -OCH3 is 2. The normalized spacial score (nSPS) is 13.1.